The third-order valence-corrected chi connectivity index (χ3v) is 4.70. The van der Waals surface area contributed by atoms with E-state index in [1.54, 1.807) is 12.4 Å². The highest BCUT2D eigenvalue weighted by Crippen LogP contribution is 2.34. The standard InChI is InChI=1S/C17H25N3O2/c1-12(2)20-10-14-6-15(22-16(14)11-20)7-17(21)19-9-13-4-3-5-18-8-13/h3-5,8,12,14-16H,6-7,9-11H2,1-2H3,(H,19,21)/t14-,15+,16+/m0/s1. The molecule has 1 aromatic rings. The smallest absolute Gasteiger partial charge is 0.222 e. The van der Waals surface area contributed by atoms with Crippen LogP contribution < -0.4 is 5.32 Å². The predicted octanol–water partition coefficient (Wildman–Crippen LogP) is 1.59. The largest absolute Gasteiger partial charge is 0.373 e. The number of hydrogen-bond donors (Lipinski definition) is 1. The zero-order valence-corrected chi connectivity index (χ0v) is 13.4. The molecule has 5 heteroatoms. The summed E-state index contributed by atoms with van der Waals surface area (Å²) in [5.74, 6) is 0.660. The summed E-state index contributed by atoms with van der Waals surface area (Å²) in [5.41, 5.74) is 1.02. The number of ether oxygens (including phenoxy) is 1. The van der Waals surface area contributed by atoms with Gasteiger partial charge in [-0.3, -0.25) is 14.7 Å². The van der Waals surface area contributed by atoms with Crippen molar-refractivity contribution in [2.45, 2.75) is 51.5 Å². The predicted molar refractivity (Wildman–Crippen MR) is 84.2 cm³/mol. The number of fused-ring (bicyclic) bond motifs is 1. The first-order chi connectivity index (χ1) is 10.6. The summed E-state index contributed by atoms with van der Waals surface area (Å²) in [6.45, 7) is 7.11. The Morgan fingerprint density at radius 3 is 3.05 bits per heavy atom. The topological polar surface area (TPSA) is 54.5 Å². The molecule has 120 valence electrons. The first kappa shape index (κ1) is 15.4. The van der Waals surface area contributed by atoms with Crippen molar-refractivity contribution in [3.8, 4) is 0 Å². The number of rotatable bonds is 5. The van der Waals surface area contributed by atoms with Crippen molar-refractivity contribution >= 4 is 5.91 Å². The molecule has 0 bridgehead atoms. The fraction of sp³-hybridized carbons (Fsp3) is 0.647. The van der Waals surface area contributed by atoms with Crippen molar-refractivity contribution in [3.05, 3.63) is 30.1 Å². The average molecular weight is 303 g/mol. The Labute approximate surface area is 132 Å². The van der Waals surface area contributed by atoms with E-state index in [0.29, 0.717) is 31.0 Å². The Hall–Kier alpha value is -1.46. The van der Waals surface area contributed by atoms with Crippen molar-refractivity contribution in [1.29, 1.82) is 0 Å². The van der Waals surface area contributed by atoms with Crippen LogP contribution in [0.25, 0.3) is 0 Å². The van der Waals surface area contributed by atoms with Crippen LogP contribution in [-0.2, 0) is 16.1 Å². The quantitative estimate of drug-likeness (QED) is 0.897. The number of amides is 1. The van der Waals surface area contributed by atoms with Gasteiger partial charge in [-0.2, -0.15) is 0 Å². The van der Waals surface area contributed by atoms with Crippen LogP contribution in [0.2, 0.25) is 0 Å². The third-order valence-electron chi connectivity index (χ3n) is 4.70. The minimum atomic E-state index is 0.0644. The molecule has 0 radical (unpaired) electrons. The second-order valence-corrected chi connectivity index (χ2v) is 6.68. The van der Waals surface area contributed by atoms with Gasteiger partial charge in [0.2, 0.25) is 5.91 Å². The number of carbonyl (C=O) groups excluding carboxylic acids is 1. The van der Waals surface area contributed by atoms with Crippen LogP contribution in [0.1, 0.15) is 32.3 Å². The van der Waals surface area contributed by atoms with E-state index >= 15 is 0 Å². The van der Waals surface area contributed by atoms with Gasteiger partial charge in [0.1, 0.15) is 0 Å². The monoisotopic (exact) mass is 303 g/mol. The second-order valence-electron chi connectivity index (χ2n) is 6.68. The Balaban J connectivity index is 1.41. The summed E-state index contributed by atoms with van der Waals surface area (Å²) in [6, 6.07) is 4.42. The molecule has 0 spiro atoms. The average Bonchev–Trinajstić information content (AvgIpc) is 3.04. The highest BCUT2D eigenvalue weighted by Gasteiger charge is 2.42. The van der Waals surface area contributed by atoms with Crippen LogP contribution in [-0.4, -0.2) is 47.1 Å². The van der Waals surface area contributed by atoms with Gasteiger partial charge in [-0.15, -0.1) is 0 Å². The number of likely N-dealkylation sites (tertiary alicyclic amines) is 1. The summed E-state index contributed by atoms with van der Waals surface area (Å²) in [4.78, 5) is 18.6. The number of aromatic nitrogens is 1. The molecule has 22 heavy (non-hydrogen) atoms. The SMILES string of the molecule is CC(C)N1C[C@@H]2C[C@H](CC(=O)NCc3cccnc3)O[C@@H]2C1. The molecule has 1 aromatic heterocycles. The third kappa shape index (κ3) is 3.65. The van der Waals surface area contributed by atoms with E-state index in [1.165, 1.54) is 0 Å². The van der Waals surface area contributed by atoms with Crippen molar-refractivity contribution in [2.75, 3.05) is 13.1 Å². The number of pyridine rings is 1. The zero-order valence-electron chi connectivity index (χ0n) is 13.4. The highest BCUT2D eigenvalue weighted by atomic mass is 16.5. The lowest BCUT2D eigenvalue weighted by atomic mass is 10.0. The summed E-state index contributed by atoms with van der Waals surface area (Å²) < 4.78 is 6.07. The minimum absolute atomic E-state index is 0.0644. The molecule has 2 fully saturated rings. The Morgan fingerprint density at radius 2 is 2.36 bits per heavy atom. The van der Waals surface area contributed by atoms with Crippen LogP contribution in [0, 0.1) is 5.92 Å². The second kappa shape index (κ2) is 6.75. The molecule has 0 saturated carbocycles. The van der Waals surface area contributed by atoms with E-state index in [4.69, 9.17) is 4.74 Å². The maximum Gasteiger partial charge on any atom is 0.222 e. The number of nitrogens with zero attached hydrogens (tertiary/aromatic N) is 2. The summed E-state index contributed by atoms with van der Waals surface area (Å²) in [5, 5.41) is 2.95. The fourth-order valence-corrected chi connectivity index (χ4v) is 3.43. The van der Waals surface area contributed by atoms with E-state index in [1.807, 2.05) is 12.1 Å². The fourth-order valence-electron chi connectivity index (χ4n) is 3.43. The van der Waals surface area contributed by atoms with Crippen LogP contribution in [0.3, 0.4) is 0 Å². The van der Waals surface area contributed by atoms with Crippen molar-refractivity contribution in [1.82, 2.24) is 15.2 Å². The summed E-state index contributed by atoms with van der Waals surface area (Å²) >= 11 is 0. The molecule has 0 unspecified atom stereocenters. The maximum absolute atomic E-state index is 12.0. The summed E-state index contributed by atoms with van der Waals surface area (Å²) in [6.07, 6.45) is 5.38. The van der Waals surface area contributed by atoms with Crippen molar-refractivity contribution < 1.29 is 9.53 Å². The van der Waals surface area contributed by atoms with E-state index < -0.39 is 0 Å². The molecule has 1 amide bonds. The molecular formula is C17H25N3O2. The zero-order chi connectivity index (χ0) is 15.5. The van der Waals surface area contributed by atoms with E-state index in [2.05, 4.69) is 29.0 Å². The molecule has 3 rings (SSSR count). The van der Waals surface area contributed by atoms with Gasteiger partial charge in [0.25, 0.3) is 0 Å². The lowest BCUT2D eigenvalue weighted by molar-refractivity contribution is -0.124. The Morgan fingerprint density at radius 1 is 1.50 bits per heavy atom. The van der Waals surface area contributed by atoms with Gasteiger partial charge >= 0.3 is 0 Å². The number of carbonyl (C=O) groups is 1. The first-order valence-corrected chi connectivity index (χ1v) is 8.17. The van der Waals surface area contributed by atoms with Gasteiger partial charge in [-0.1, -0.05) is 6.07 Å². The maximum atomic E-state index is 12.0. The lowest BCUT2D eigenvalue weighted by Gasteiger charge is -2.22. The Kier molecular flexibility index (Phi) is 4.74. The molecule has 0 aromatic carbocycles. The van der Waals surface area contributed by atoms with E-state index in [0.717, 1.165) is 25.1 Å². The molecular weight excluding hydrogens is 278 g/mol. The van der Waals surface area contributed by atoms with Gasteiger partial charge in [0.05, 0.1) is 18.6 Å². The molecule has 2 aliphatic rings. The molecule has 2 saturated heterocycles. The van der Waals surface area contributed by atoms with E-state index in [-0.39, 0.29) is 12.0 Å². The normalized spacial score (nSPS) is 28.0. The molecule has 0 aliphatic carbocycles. The molecule has 2 aliphatic heterocycles. The van der Waals surface area contributed by atoms with E-state index in [9.17, 15) is 4.79 Å². The van der Waals surface area contributed by atoms with Gasteiger partial charge in [0, 0.05) is 44.0 Å². The van der Waals surface area contributed by atoms with Crippen LogP contribution in [0.15, 0.2) is 24.5 Å². The molecule has 3 atom stereocenters. The van der Waals surface area contributed by atoms with Crippen molar-refractivity contribution in [2.24, 2.45) is 5.92 Å². The van der Waals surface area contributed by atoms with Crippen LogP contribution in [0.4, 0.5) is 0 Å². The lowest BCUT2D eigenvalue weighted by Crippen LogP contribution is -2.32. The molecule has 5 nitrogen and oxygen atoms in total. The van der Waals surface area contributed by atoms with Gasteiger partial charge < -0.3 is 10.1 Å². The molecule has 3 heterocycles. The van der Waals surface area contributed by atoms with Crippen molar-refractivity contribution in [3.63, 3.8) is 0 Å². The Bertz CT molecular complexity index is 492. The highest BCUT2D eigenvalue weighted by molar-refractivity contribution is 5.76. The van der Waals surface area contributed by atoms with Crippen LogP contribution in [0.5, 0.6) is 0 Å². The minimum Gasteiger partial charge on any atom is -0.373 e. The van der Waals surface area contributed by atoms with Gasteiger partial charge in [-0.25, -0.2) is 0 Å². The summed E-state index contributed by atoms with van der Waals surface area (Å²) in [7, 11) is 0. The first-order valence-electron chi connectivity index (χ1n) is 8.17. The number of nitrogens with one attached hydrogen (secondary N) is 1. The van der Waals surface area contributed by atoms with Gasteiger partial charge in [0.15, 0.2) is 0 Å². The van der Waals surface area contributed by atoms with Gasteiger partial charge in [-0.05, 0) is 31.9 Å². The molecule has 1 N–H and O–H groups in total. The van der Waals surface area contributed by atoms with Crippen LogP contribution >= 0.6 is 0 Å². The number of hydrogen-bond acceptors (Lipinski definition) is 4.